The second kappa shape index (κ2) is 3.39. The van der Waals surface area contributed by atoms with Crippen LogP contribution in [-0.2, 0) is 6.54 Å². The molecule has 0 fully saturated rings. The zero-order valence-electron chi connectivity index (χ0n) is 6.04. The number of rotatable bonds is 2. The molecule has 0 aliphatic carbocycles. The third-order valence-electron chi connectivity index (χ3n) is 1.28. The third-order valence-corrected chi connectivity index (χ3v) is 1.45. The van der Waals surface area contributed by atoms with Gasteiger partial charge in [0.25, 0.3) is 5.91 Å². The third kappa shape index (κ3) is 1.71. The summed E-state index contributed by atoms with van der Waals surface area (Å²) in [7, 11) is 0. The number of hydrogen-bond donors (Lipinski definition) is 1. The summed E-state index contributed by atoms with van der Waals surface area (Å²) in [5.41, 5.74) is 0.335. The molecule has 1 rings (SSSR count). The Labute approximate surface area is 69.3 Å². The fraction of sp³-hybridized carbons (Fsp3) is 0.333. The highest BCUT2D eigenvalue weighted by Crippen LogP contribution is 1.95. The molecule has 5 heteroatoms. The normalized spacial score (nSPS) is 9.64. The quantitative estimate of drug-likeness (QED) is 0.673. The Balaban J connectivity index is 2.80. The van der Waals surface area contributed by atoms with Gasteiger partial charge in [-0.1, -0.05) is 0 Å². The summed E-state index contributed by atoms with van der Waals surface area (Å²) in [5.74, 6) is -0.376. The number of carbonyl (C=O) groups excluding carboxylic acids is 1. The lowest BCUT2D eigenvalue weighted by molar-refractivity contribution is 0.0976. The highest BCUT2D eigenvalue weighted by Gasteiger charge is 2.06. The molecule has 60 valence electrons. The van der Waals surface area contributed by atoms with Crippen LogP contribution in [0.25, 0.3) is 0 Å². The van der Waals surface area contributed by atoms with Gasteiger partial charge in [0.2, 0.25) is 0 Å². The minimum absolute atomic E-state index is 0.335. The van der Waals surface area contributed by atoms with E-state index in [9.17, 15) is 4.79 Å². The van der Waals surface area contributed by atoms with Gasteiger partial charge in [0, 0.05) is 24.5 Å². The van der Waals surface area contributed by atoms with Crippen molar-refractivity contribution in [2.45, 2.75) is 13.5 Å². The van der Waals surface area contributed by atoms with Crippen molar-refractivity contribution in [1.82, 2.24) is 14.6 Å². The fourth-order valence-corrected chi connectivity index (χ4v) is 0.804. The van der Waals surface area contributed by atoms with Gasteiger partial charge in [0.15, 0.2) is 5.69 Å². The maximum absolute atomic E-state index is 10.8. The Hall–Kier alpha value is -1.03. The molecule has 0 saturated heterocycles. The van der Waals surface area contributed by atoms with Crippen molar-refractivity contribution in [2.24, 2.45) is 0 Å². The molecule has 1 amide bonds. The molecule has 1 heterocycles. The monoisotopic (exact) mass is 173 g/mol. The molecule has 0 unspecified atom stereocenters. The molecule has 0 aliphatic heterocycles. The van der Waals surface area contributed by atoms with Crippen molar-refractivity contribution in [1.29, 1.82) is 0 Å². The molecular formula is C6H8ClN3O. The predicted molar refractivity (Wildman–Crippen MR) is 41.2 cm³/mol. The molecular weight excluding hydrogens is 166 g/mol. The van der Waals surface area contributed by atoms with Crippen LogP contribution in [0.3, 0.4) is 0 Å². The summed E-state index contributed by atoms with van der Waals surface area (Å²) in [5, 5.41) is 3.92. The van der Waals surface area contributed by atoms with Gasteiger partial charge in [0.05, 0.1) is 0 Å². The topological polar surface area (TPSA) is 46.9 Å². The number of carbonyl (C=O) groups is 1. The molecule has 1 N–H and O–H groups in total. The smallest absolute Gasteiger partial charge is 0.272 e. The number of hydrogen-bond acceptors (Lipinski definition) is 2. The summed E-state index contributed by atoms with van der Waals surface area (Å²) >= 11 is 5.09. The highest BCUT2D eigenvalue weighted by atomic mass is 35.5. The van der Waals surface area contributed by atoms with Crippen LogP contribution in [0.4, 0.5) is 0 Å². The lowest BCUT2D eigenvalue weighted by atomic mass is 10.4. The Morgan fingerprint density at radius 1 is 1.91 bits per heavy atom. The number of aromatic nitrogens is 2. The Morgan fingerprint density at radius 2 is 2.64 bits per heavy atom. The van der Waals surface area contributed by atoms with Crippen LogP contribution in [0.2, 0.25) is 0 Å². The van der Waals surface area contributed by atoms with Gasteiger partial charge in [-0.3, -0.25) is 14.3 Å². The molecule has 0 bridgehead atoms. The molecule has 0 saturated carbocycles. The average molecular weight is 174 g/mol. The van der Waals surface area contributed by atoms with Crippen LogP contribution in [0, 0.1) is 0 Å². The lowest BCUT2D eigenvalue weighted by Gasteiger charge is -1.92. The van der Waals surface area contributed by atoms with Crippen LogP contribution < -0.4 is 4.84 Å². The van der Waals surface area contributed by atoms with E-state index >= 15 is 0 Å². The number of halogens is 1. The van der Waals surface area contributed by atoms with Crippen molar-refractivity contribution in [3.05, 3.63) is 18.0 Å². The minimum atomic E-state index is -0.376. The maximum Gasteiger partial charge on any atom is 0.286 e. The first-order valence-electron chi connectivity index (χ1n) is 3.22. The molecule has 4 nitrogen and oxygen atoms in total. The van der Waals surface area contributed by atoms with E-state index in [-0.39, 0.29) is 5.91 Å². The lowest BCUT2D eigenvalue weighted by Crippen LogP contribution is -2.13. The molecule has 0 aromatic carbocycles. The molecule has 0 atom stereocenters. The van der Waals surface area contributed by atoms with E-state index in [1.807, 2.05) is 11.8 Å². The Kier molecular flexibility index (Phi) is 2.48. The van der Waals surface area contributed by atoms with Crippen molar-refractivity contribution >= 4 is 17.7 Å². The molecule has 1 aromatic heterocycles. The van der Waals surface area contributed by atoms with E-state index < -0.39 is 0 Å². The summed E-state index contributed by atoms with van der Waals surface area (Å²) in [6.07, 6.45) is 1.72. The summed E-state index contributed by atoms with van der Waals surface area (Å²) in [6.45, 7) is 2.69. The first kappa shape index (κ1) is 8.07. The van der Waals surface area contributed by atoms with Crippen LogP contribution >= 0.6 is 11.8 Å². The molecule has 0 radical (unpaired) electrons. The van der Waals surface area contributed by atoms with Gasteiger partial charge >= 0.3 is 0 Å². The molecule has 1 aromatic rings. The van der Waals surface area contributed by atoms with Crippen LogP contribution in [0.5, 0.6) is 0 Å². The SMILES string of the molecule is CCn1ccc(C(=O)NCl)n1. The van der Waals surface area contributed by atoms with E-state index in [2.05, 4.69) is 5.10 Å². The van der Waals surface area contributed by atoms with E-state index in [1.54, 1.807) is 16.9 Å². The largest absolute Gasteiger partial charge is 0.286 e. The Morgan fingerprint density at radius 3 is 3.09 bits per heavy atom. The van der Waals surface area contributed by atoms with E-state index in [0.717, 1.165) is 6.54 Å². The van der Waals surface area contributed by atoms with Crippen molar-refractivity contribution in [3.63, 3.8) is 0 Å². The van der Waals surface area contributed by atoms with Gasteiger partial charge in [-0.15, -0.1) is 0 Å². The molecule has 0 spiro atoms. The van der Waals surface area contributed by atoms with E-state index in [1.165, 1.54) is 0 Å². The average Bonchev–Trinajstić information content (AvgIpc) is 2.50. The second-order valence-electron chi connectivity index (χ2n) is 1.98. The van der Waals surface area contributed by atoms with Crippen LogP contribution in [-0.4, -0.2) is 15.7 Å². The van der Waals surface area contributed by atoms with E-state index in [0.29, 0.717) is 5.69 Å². The molecule has 0 aliphatic rings. The zero-order chi connectivity index (χ0) is 8.27. The number of aryl methyl sites for hydroxylation is 1. The summed E-state index contributed by atoms with van der Waals surface area (Å²) < 4.78 is 1.65. The van der Waals surface area contributed by atoms with E-state index in [4.69, 9.17) is 11.8 Å². The van der Waals surface area contributed by atoms with Gasteiger partial charge in [0.1, 0.15) is 0 Å². The van der Waals surface area contributed by atoms with Crippen molar-refractivity contribution < 1.29 is 4.79 Å². The minimum Gasteiger partial charge on any atom is -0.272 e. The maximum atomic E-state index is 10.8. The van der Waals surface area contributed by atoms with Crippen LogP contribution in [0.1, 0.15) is 17.4 Å². The van der Waals surface area contributed by atoms with Crippen molar-refractivity contribution in [3.8, 4) is 0 Å². The number of amides is 1. The highest BCUT2D eigenvalue weighted by molar-refractivity contribution is 6.23. The molecule has 11 heavy (non-hydrogen) atoms. The van der Waals surface area contributed by atoms with Gasteiger partial charge in [-0.05, 0) is 13.0 Å². The standard InChI is InChI=1S/C6H8ClN3O/c1-2-10-4-3-5(9-10)6(11)8-7/h3-4H,2H2,1H3,(H,8,11). The van der Waals surface area contributed by atoms with Crippen LogP contribution in [0.15, 0.2) is 12.3 Å². The first-order valence-corrected chi connectivity index (χ1v) is 3.60. The predicted octanol–water partition coefficient (Wildman–Crippen LogP) is 0.787. The summed E-state index contributed by atoms with van der Waals surface area (Å²) in [4.78, 5) is 12.8. The Bertz CT molecular complexity index is 258. The zero-order valence-corrected chi connectivity index (χ0v) is 6.80. The summed E-state index contributed by atoms with van der Waals surface area (Å²) in [6, 6.07) is 1.61. The van der Waals surface area contributed by atoms with Gasteiger partial charge in [-0.25, -0.2) is 0 Å². The van der Waals surface area contributed by atoms with Gasteiger partial charge in [-0.2, -0.15) is 5.10 Å². The van der Waals surface area contributed by atoms with Gasteiger partial charge < -0.3 is 0 Å². The first-order chi connectivity index (χ1) is 5.27. The second-order valence-corrected chi connectivity index (χ2v) is 2.17. The van der Waals surface area contributed by atoms with Crippen molar-refractivity contribution in [2.75, 3.05) is 0 Å². The number of nitrogens with one attached hydrogen (secondary N) is 1. The number of nitrogens with zero attached hydrogens (tertiary/aromatic N) is 2. The fourth-order valence-electron chi connectivity index (χ4n) is 0.707.